The van der Waals surface area contributed by atoms with E-state index in [0.717, 1.165) is 25.7 Å². The molecule has 1 N–H and O–H groups in total. The Kier molecular flexibility index (Phi) is 10.7. The topological polar surface area (TPSA) is 99.1 Å². The van der Waals surface area contributed by atoms with Gasteiger partial charge in [-0.3, -0.25) is 4.79 Å². The van der Waals surface area contributed by atoms with Gasteiger partial charge in [0.2, 0.25) is 0 Å². The predicted molar refractivity (Wildman–Crippen MR) is 103 cm³/mol. The number of aliphatic hydroxyl groups excluding tert-OH is 1. The highest BCUT2D eigenvalue weighted by molar-refractivity contribution is 5.84. The van der Waals surface area contributed by atoms with Gasteiger partial charge >= 0.3 is 11.9 Å². The lowest BCUT2D eigenvalue weighted by atomic mass is 9.76. The zero-order valence-corrected chi connectivity index (χ0v) is 17.7. The minimum absolute atomic E-state index is 0.116. The van der Waals surface area contributed by atoms with Crippen LogP contribution in [0.25, 0.3) is 0 Å². The van der Waals surface area contributed by atoms with E-state index in [2.05, 4.69) is 6.92 Å². The SMILES string of the molecule is CCCCC(=O)C(C)(CCCC)CC(O)OC(C)C(=O)OC1CCCOC1=O. The first-order valence-electron chi connectivity index (χ1n) is 10.5. The van der Waals surface area contributed by atoms with Gasteiger partial charge in [-0.1, -0.05) is 40.0 Å². The first-order valence-corrected chi connectivity index (χ1v) is 10.5. The Labute approximate surface area is 168 Å². The molecule has 1 aliphatic heterocycles. The molecule has 0 aliphatic carbocycles. The Bertz CT molecular complexity index is 519. The van der Waals surface area contributed by atoms with Gasteiger partial charge in [0, 0.05) is 18.3 Å². The van der Waals surface area contributed by atoms with Crippen molar-refractivity contribution in [2.75, 3.05) is 6.61 Å². The Morgan fingerprint density at radius 2 is 1.96 bits per heavy atom. The lowest BCUT2D eigenvalue weighted by Gasteiger charge is -2.31. The van der Waals surface area contributed by atoms with Gasteiger partial charge < -0.3 is 19.3 Å². The fourth-order valence-electron chi connectivity index (χ4n) is 3.28. The molecule has 7 nitrogen and oxygen atoms in total. The molecule has 0 radical (unpaired) electrons. The largest absolute Gasteiger partial charge is 0.463 e. The second-order valence-corrected chi connectivity index (χ2v) is 7.86. The van der Waals surface area contributed by atoms with Crippen molar-refractivity contribution < 1.29 is 33.7 Å². The third kappa shape index (κ3) is 7.87. The number of aliphatic hydroxyl groups is 1. The second kappa shape index (κ2) is 12.2. The molecule has 0 saturated carbocycles. The van der Waals surface area contributed by atoms with Gasteiger partial charge in [0.25, 0.3) is 0 Å². The zero-order valence-electron chi connectivity index (χ0n) is 17.7. The fourth-order valence-corrected chi connectivity index (χ4v) is 3.28. The quantitative estimate of drug-likeness (QED) is 0.374. The highest BCUT2D eigenvalue weighted by atomic mass is 16.6. The number of hydrogen-bond donors (Lipinski definition) is 1. The van der Waals surface area contributed by atoms with Crippen LogP contribution >= 0.6 is 0 Å². The van der Waals surface area contributed by atoms with Gasteiger partial charge in [-0.15, -0.1) is 0 Å². The molecule has 1 saturated heterocycles. The minimum Gasteiger partial charge on any atom is -0.463 e. The minimum atomic E-state index is -1.27. The van der Waals surface area contributed by atoms with Crippen molar-refractivity contribution in [1.29, 1.82) is 0 Å². The molecule has 1 aliphatic rings. The van der Waals surface area contributed by atoms with Crippen LogP contribution in [0.2, 0.25) is 0 Å². The summed E-state index contributed by atoms with van der Waals surface area (Å²) in [6.45, 7) is 7.73. The van der Waals surface area contributed by atoms with E-state index >= 15 is 0 Å². The van der Waals surface area contributed by atoms with E-state index in [1.54, 1.807) is 0 Å². The third-order valence-corrected chi connectivity index (χ3v) is 5.21. The monoisotopic (exact) mass is 400 g/mol. The van der Waals surface area contributed by atoms with Crippen molar-refractivity contribution in [2.24, 2.45) is 5.41 Å². The number of unbranched alkanes of at least 4 members (excludes halogenated alkanes) is 2. The summed E-state index contributed by atoms with van der Waals surface area (Å²) >= 11 is 0. The Hall–Kier alpha value is -1.47. The smallest absolute Gasteiger partial charge is 0.347 e. The molecule has 0 bridgehead atoms. The van der Waals surface area contributed by atoms with Gasteiger partial charge in [0.1, 0.15) is 5.78 Å². The van der Waals surface area contributed by atoms with E-state index in [9.17, 15) is 19.5 Å². The van der Waals surface area contributed by atoms with Gasteiger partial charge in [0.05, 0.1) is 6.61 Å². The molecular formula is C21H36O7. The number of carbonyl (C=O) groups excluding carboxylic acids is 3. The summed E-state index contributed by atoms with van der Waals surface area (Å²) in [5.74, 6) is -1.16. The average Bonchev–Trinajstić information content (AvgIpc) is 2.65. The summed E-state index contributed by atoms with van der Waals surface area (Å²) in [6.07, 6.45) is 2.66. The molecule has 4 atom stereocenters. The molecule has 0 aromatic heterocycles. The number of ether oxygens (including phenoxy) is 3. The van der Waals surface area contributed by atoms with E-state index in [1.807, 2.05) is 13.8 Å². The summed E-state index contributed by atoms with van der Waals surface area (Å²) in [7, 11) is 0. The molecule has 1 fully saturated rings. The molecule has 162 valence electrons. The van der Waals surface area contributed by atoms with Crippen LogP contribution in [-0.4, -0.2) is 47.9 Å². The van der Waals surface area contributed by atoms with Crippen LogP contribution < -0.4 is 0 Å². The summed E-state index contributed by atoms with van der Waals surface area (Å²) in [4.78, 5) is 36.4. The third-order valence-electron chi connectivity index (χ3n) is 5.21. The van der Waals surface area contributed by atoms with Crippen LogP contribution in [0.15, 0.2) is 0 Å². The summed E-state index contributed by atoms with van der Waals surface area (Å²) in [5.41, 5.74) is -0.693. The number of Topliss-reactive ketones (excluding diaryl/α,β-unsaturated/α-hetero) is 1. The molecule has 1 rings (SSSR count). The highest BCUT2D eigenvalue weighted by Gasteiger charge is 2.36. The van der Waals surface area contributed by atoms with Crippen LogP contribution in [0.3, 0.4) is 0 Å². The number of esters is 2. The summed E-state index contributed by atoms with van der Waals surface area (Å²) < 4.78 is 15.4. The Morgan fingerprint density at radius 1 is 1.29 bits per heavy atom. The van der Waals surface area contributed by atoms with Crippen LogP contribution in [0, 0.1) is 5.41 Å². The normalized spacial score (nSPS) is 21.3. The highest BCUT2D eigenvalue weighted by Crippen LogP contribution is 2.33. The predicted octanol–water partition coefficient (Wildman–Crippen LogP) is 3.30. The van der Waals surface area contributed by atoms with E-state index in [1.165, 1.54) is 6.92 Å². The fraction of sp³-hybridized carbons (Fsp3) is 0.857. The molecule has 0 aromatic rings. The molecular weight excluding hydrogens is 364 g/mol. The number of ketones is 1. The first-order chi connectivity index (χ1) is 13.2. The van der Waals surface area contributed by atoms with Gasteiger partial charge in [-0.05, 0) is 32.6 Å². The first kappa shape index (κ1) is 24.6. The van der Waals surface area contributed by atoms with Gasteiger partial charge in [0.15, 0.2) is 18.5 Å². The van der Waals surface area contributed by atoms with Crippen LogP contribution in [0.1, 0.15) is 85.5 Å². The lowest BCUT2D eigenvalue weighted by molar-refractivity contribution is -0.194. The number of cyclic esters (lactones) is 1. The molecule has 28 heavy (non-hydrogen) atoms. The number of hydrogen-bond acceptors (Lipinski definition) is 7. The maximum absolute atomic E-state index is 12.7. The van der Waals surface area contributed by atoms with Gasteiger partial charge in [-0.25, -0.2) is 9.59 Å². The molecule has 0 amide bonds. The molecule has 7 heteroatoms. The lowest BCUT2D eigenvalue weighted by Crippen LogP contribution is -2.39. The molecule has 4 unspecified atom stereocenters. The van der Waals surface area contributed by atoms with Crippen molar-refractivity contribution in [1.82, 2.24) is 0 Å². The van der Waals surface area contributed by atoms with Gasteiger partial charge in [-0.2, -0.15) is 0 Å². The van der Waals surface area contributed by atoms with Crippen molar-refractivity contribution in [2.45, 2.75) is 104 Å². The number of carbonyl (C=O) groups is 3. The van der Waals surface area contributed by atoms with Crippen molar-refractivity contribution in [3.63, 3.8) is 0 Å². The van der Waals surface area contributed by atoms with Crippen molar-refractivity contribution in [3.05, 3.63) is 0 Å². The average molecular weight is 401 g/mol. The van der Waals surface area contributed by atoms with Crippen LogP contribution in [0.4, 0.5) is 0 Å². The Balaban J connectivity index is 2.61. The molecule has 0 spiro atoms. The molecule has 1 heterocycles. The summed E-state index contributed by atoms with van der Waals surface area (Å²) in [5, 5.41) is 10.4. The van der Waals surface area contributed by atoms with Crippen molar-refractivity contribution in [3.8, 4) is 0 Å². The second-order valence-electron chi connectivity index (χ2n) is 7.86. The zero-order chi connectivity index (χ0) is 21.2. The Morgan fingerprint density at radius 3 is 2.57 bits per heavy atom. The van der Waals surface area contributed by atoms with Crippen LogP contribution in [0.5, 0.6) is 0 Å². The van der Waals surface area contributed by atoms with E-state index in [4.69, 9.17) is 14.2 Å². The molecule has 0 aromatic carbocycles. The van der Waals surface area contributed by atoms with E-state index in [0.29, 0.717) is 32.3 Å². The van der Waals surface area contributed by atoms with E-state index < -0.39 is 35.9 Å². The maximum Gasteiger partial charge on any atom is 0.347 e. The van der Waals surface area contributed by atoms with Crippen molar-refractivity contribution >= 4 is 17.7 Å². The number of rotatable bonds is 13. The standard InChI is InChI=1S/C21H36O7/c1-5-7-11-17(22)21(4,12-8-6-2)14-18(23)27-15(3)19(24)28-16-10-9-13-26-20(16)25/h15-16,18,23H,5-14H2,1-4H3. The maximum atomic E-state index is 12.7. The summed E-state index contributed by atoms with van der Waals surface area (Å²) in [6, 6.07) is 0. The van der Waals surface area contributed by atoms with E-state index in [-0.39, 0.29) is 12.2 Å². The van der Waals surface area contributed by atoms with Crippen LogP contribution in [-0.2, 0) is 28.6 Å².